The topological polar surface area (TPSA) is 72.7 Å². The van der Waals surface area contributed by atoms with Crippen LogP contribution in [-0.4, -0.2) is 31.5 Å². The summed E-state index contributed by atoms with van der Waals surface area (Å²) in [6.07, 6.45) is 4.30. The van der Waals surface area contributed by atoms with Crippen LogP contribution in [-0.2, 0) is 16.4 Å². The summed E-state index contributed by atoms with van der Waals surface area (Å²) < 4.78 is 34.4. The van der Waals surface area contributed by atoms with E-state index in [0.29, 0.717) is 11.4 Å². The summed E-state index contributed by atoms with van der Waals surface area (Å²) in [5.41, 5.74) is 0.831. The number of nitrogens with one attached hydrogen (secondary N) is 1. The molecular formula is C14H14ClN3O3S2. The summed E-state index contributed by atoms with van der Waals surface area (Å²) in [7, 11) is -2.29. The van der Waals surface area contributed by atoms with Gasteiger partial charge in [-0.05, 0) is 18.2 Å². The monoisotopic (exact) mass is 371 g/mol. The molecule has 0 bridgehead atoms. The number of thiazole rings is 1. The van der Waals surface area contributed by atoms with Gasteiger partial charge in [0.2, 0.25) is 10.0 Å². The van der Waals surface area contributed by atoms with E-state index >= 15 is 0 Å². The fourth-order valence-corrected chi connectivity index (χ4v) is 4.33. The number of imidazole rings is 1. The fraction of sp³-hybridized carbons (Fsp3) is 0.214. The Balaban J connectivity index is 1.71. The second-order valence-electron chi connectivity index (χ2n) is 4.77. The highest BCUT2D eigenvalue weighted by Crippen LogP contribution is 2.26. The first-order chi connectivity index (χ1) is 11.0. The molecule has 1 N–H and O–H groups in total. The molecule has 0 spiro atoms. The van der Waals surface area contributed by atoms with Crippen molar-refractivity contribution in [2.75, 3.05) is 13.7 Å². The molecule has 3 aromatic rings. The lowest BCUT2D eigenvalue weighted by Crippen LogP contribution is -2.26. The van der Waals surface area contributed by atoms with Gasteiger partial charge in [-0.25, -0.2) is 18.1 Å². The average molecular weight is 372 g/mol. The van der Waals surface area contributed by atoms with Gasteiger partial charge in [-0.15, -0.1) is 11.3 Å². The highest BCUT2D eigenvalue weighted by molar-refractivity contribution is 7.89. The summed E-state index contributed by atoms with van der Waals surface area (Å²) >= 11 is 7.42. The predicted octanol–water partition coefficient (Wildman–Crippen LogP) is 2.58. The Hall–Kier alpha value is -1.61. The summed E-state index contributed by atoms with van der Waals surface area (Å²) in [6.45, 7) is 0.239. The van der Waals surface area contributed by atoms with Crippen molar-refractivity contribution in [3.8, 4) is 5.75 Å². The van der Waals surface area contributed by atoms with E-state index in [-0.39, 0.29) is 17.2 Å². The number of hydrogen-bond donors (Lipinski definition) is 1. The Labute approximate surface area is 142 Å². The minimum absolute atomic E-state index is 0.0262. The van der Waals surface area contributed by atoms with Crippen molar-refractivity contribution in [3.05, 3.63) is 46.7 Å². The van der Waals surface area contributed by atoms with E-state index in [4.69, 9.17) is 16.3 Å². The summed E-state index contributed by atoms with van der Waals surface area (Å²) in [6, 6.07) is 4.48. The molecule has 0 atom stereocenters. The zero-order valence-corrected chi connectivity index (χ0v) is 14.6. The van der Waals surface area contributed by atoms with Gasteiger partial charge in [0.1, 0.15) is 10.6 Å². The SMILES string of the molecule is COc1ccc(Cl)cc1S(=O)(=O)NCCc1cn2ccsc2n1. The quantitative estimate of drug-likeness (QED) is 0.722. The Morgan fingerprint density at radius 1 is 1.43 bits per heavy atom. The van der Waals surface area contributed by atoms with Crippen molar-refractivity contribution in [3.63, 3.8) is 0 Å². The number of sulfonamides is 1. The van der Waals surface area contributed by atoms with Crippen LogP contribution in [0, 0.1) is 0 Å². The normalized spacial score (nSPS) is 11.9. The molecule has 0 radical (unpaired) electrons. The van der Waals surface area contributed by atoms with Gasteiger partial charge >= 0.3 is 0 Å². The second kappa shape index (κ2) is 6.48. The number of ether oxygens (including phenoxy) is 1. The number of rotatable bonds is 6. The number of hydrogen-bond acceptors (Lipinski definition) is 5. The maximum Gasteiger partial charge on any atom is 0.244 e. The molecule has 0 saturated carbocycles. The summed E-state index contributed by atoms with van der Waals surface area (Å²) in [5.74, 6) is 0.254. The van der Waals surface area contributed by atoms with Crippen molar-refractivity contribution >= 4 is 37.9 Å². The van der Waals surface area contributed by atoms with Crippen LogP contribution in [0.1, 0.15) is 5.69 Å². The van der Waals surface area contributed by atoms with Gasteiger partial charge in [0.25, 0.3) is 0 Å². The number of benzene rings is 1. The number of methoxy groups -OCH3 is 1. The van der Waals surface area contributed by atoms with E-state index in [1.165, 1.54) is 30.6 Å². The van der Waals surface area contributed by atoms with Crippen molar-refractivity contribution < 1.29 is 13.2 Å². The number of halogens is 1. The molecule has 0 saturated heterocycles. The van der Waals surface area contributed by atoms with Crippen LogP contribution >= 0.6 is 22.9 Å². The van der Waals surface area contributed by atoms with Gasteiger partial charge < -0.3 is 4.74 Å². The van der Waals surface area contributed by atoms with Crippen molar-refractivity contribution in [2.45, 2.75) is 11.3 Å². The molecule has 1 aromatic carbocycles. The molecule has 0 aliphatic rings. The van der Waals surface area contributed by atoms with Crippen LogP contribution in [0.4, 0.5) is 0 Å². The van der Waals surface area contributed by atoms with Crippen LogP contribution in [0.15, 0.2) is 40.9 Å². The maximum atomic E-state index is 12.4. The Bertz CT molecular complexity index is 905. The van der Waals surface area contributed by atoms with Gasteiger partial charge in [0, 0.05) is 35.8 Å². The molecule has 3 rings (SSSR count). The minimum atomic E-state index is -3.70. The summed E-state index contributed by atoms with van der Waals surface area (Å²) in [5, 5.41) is 2.28. The average Bonchev–Trinajstić information content (AvgIpc) is 3.08. The highest BCUT2D eigenvalue weighted by Gasteiger charge is 2.19. The van der Waals surface area contributed by atoms with E-state index in [1.807, 2.05) is 22.2 Å². The third-order valence-electron chi connectivity index (χ3n) is 3.23. The van der Waals surface area contributed by atoms with E-state index in [9.17, 15) is 8.42 Å². The van der Waals surface area contributed by atoms with Crippen molar-refractivity contribution in [1.29, 1.82) is 0 Å². The molecule has 0 unspecified atom stereocenters. The van der Waals surface area contributed by atoms with Gasteiger partial charge in [-0.2, -0.15) is 0 Å². The van der Waals surface area contributed by atoms with Crippen LogP contribution in [0.5, 0.6) is 5.75 Å². The molecule has 2 heterocycles. The first kappa shape index (κ1) is 16.3. The lowest BCUT2D eigenvalue weighted by Gasteiger charge is -2.10. The highest BCUT2D eigenvalue weighted by atomic mass is 35.5. The van der Waals surface area contributed by atoms with E-state index in [2.05, 4.69) is 9.71 Å². The molecule has 0 aliphatic carbocycles. The van der Waals surface area contributed by atoms with Gasteiger partial charge in [0.05, 0.1) is 12.8 Å². The van der Waals surface area contributed by atoms with Gasteiger partial charge in [0.15, 0.2) is 4.96 Å². The number of fused-ring (bicyclic) bond motifs is 1. The number of aromatic nitrogens is 2. The Morgan fingerprint density at radius 3 is 3.00 bits per heavy atom. The molecule has 122 valence electrons. The van der Waals surface area contributed by atoms with Crippen LogP contribution < -0.4 is 9.46 Å². The molecule has 23 heavy (non-hydrogen) atoms. The zero-order chi connectivity index (χ0) is 16.4. The second-order valence-corrected chi connectivity index (χ2v) is 7.81. The van der Waals surface area contributed by atoms with Gasteiger partial charge in [-0.1, -0.05) is 11.6 Å². The Morgan fingerprint density at radius 2 is 2.26 bits per heavy atom. The van der Waals surface area contributed by atoms with Crippen molar-refractivity contribution in [1.82, 2.24) is 14.1 Å². The third kappa shape index (κ3) is 3.50. The van der Waals surface area contributed by atoms with E-state index < -0.39 is 10.0 Å². The standard InChI is InChI=1S/C14H14ClN3O3S2/c1-21-12-3-2-10(15)8-13(12)23(19,20)16-5-4-11-9-18-6-7-22-14(18)17-11/h2-3,6-9,16H,4-5H2,1H3. The summed E-state index contributed by atoms with van der Waals surface area (Å²) in [4.78, 5) is 5.33. The molecular weight excluding hydrogens is 358 g/mol. The predicted molar refractivity (Wildman–Crippen MR) is 90.0 cm³/mol. The number of nitrogens with zero attached hydrogens (tertiary/aromatic N) is 2. The molecule has 6 nitrogen and oxygen atoms in total. The Kier molecular flexibility index (Phi) is 4.58. The molecule has 0 aliphatic heterocycles. The lowest BCUT2D eigenvalue weighted by atomic mass is 10.3. The molecule has 0 fully saturated rings. The third-order valence-corrected chi connectivity index (χ3v) is 5.72. The molecule has 9 heteroatoms. The first-order valence-electron chi connectivity index (χ1n) is 6.74. The first-order valence-corrected chi connectivity index (χ1v) is 9.48. The van der Waals surface area contributed by atoms with Gasteiger partial charge in [-0.3, -0.25) is 4.40 Å². The smallest absolute Gasteiger partial charge is 0.244 e. The molecule has 2 aromatic heterocycles. The zero-order valence-electron chi connectivity index (χ0n) is 12.2. The van der Waals surface area contributed by atoms with Crippen LogP contribution in [0.3, 0.4) is 0 Å². The maximum absolute atomic E-state index is 12.4. The van der Waals surface area contributed by atoms with E-state index in [0.717, 1.165) is 10.7 Å². The fourth-order valence-electron chi connectivity index (χ4n) is 2.15. The van der Waals surface area contributed by atoms with E-state index in [1.54, 1.807) is 6.07 Å². The lowest BCUT2D eigenvalue weighted by molar-refractivity contribution is 0.402. The molecule has 0 amide bonds. The minimum Gasteiger partial charge on any atom is -0.495 e. The van der Waals surface area contributed by atoms with Crippen LogP contribution in [0.2, 0.25) is 5.02 Å². The largest absolute Gasteiger partial charge is 0.495 e. The van der Waals surface area contributed by atoms with Crippen molar-refractivity contribution in [2.24, 2.45) is 0 Å². The van der Waals surface area contributed by atoms with Crippen LogP contribution in [0.25, 0.3) is 4.96 Å².